The number of fused-ring (bicyclic) bond motifs is 1. The van der Waals surface area contributed by atoms with Gasteiger partial charge in [0.1, 0.15) is 0 Å². The van der Waals surface area contributed by atoms with Gasteiger partial charge in [-0.15, -0.1) is 0 Å². The molecule has 0 amide bonds. The summed E-state index contributed by atoms with van der Waals surface area (Å²) in [6.07, 6.45) is 7.38. The summed E-state index contributed by atoms with van der Waals surface area (Å²) in [6, 6.07) is 0. The Morgan fingerprint density at radius 2 is 1.88 bits per heavy atom. The van der Waals surface area contributed by atoms with E-state index < -0.39 is 17.6 Å². The second-order valence-corrected chi connectivity index (χ2v) is 11.9. The Kier molecular flexibility index (Phi) is 7.79. The Balaban J connectivity index is 1.86. The normalized spacial score (nSPS) is 41.7. The highest BCUT2D eigenvalue weighted by Crippen LogP contribution is 2.59. The minimum atomic E-state index is -0.686. The van der Waals surface area contributed by atoms with E-state index in [-0.39, 0.29) is 29.6 Å². The first-order valence-corrected chi connectivity index (χ1v) is 12.8. The van der Waals surface area contributed by atoms with E-state index in [1.165, 1.54) is 5.57 Å². The molecule has 0 radical (unpaired) electrons. The summed E-state index contributed by atoms with van der Waals surface area (Å²) in [5, 5.41) is 31.1. The third kappa shape index (κ3) is 4.52. The van der Waals surface area contributed by atoms with Gasteiger partial charge in [-0.1, -0.05) is 39.8 Å². The van der Waals surface area contributed by atoms with Gasteiger partial charge in [0.25, 0.3) is 0 Å². The van der Waals surface area contributed by atoms with Crippen molar-refractivity contribution in [1.29, 1.82) is 0 Å². The average molecular weight is 447 g/mol. The Morgan fingerprint density at radius 3 is 2.50 bits per heavy atom. The van der Waals surface area contributed by atoms with Gasteiger partial charge in [0.05, 0.1) is 12.2 Å². The van der Waals surface area contributed by atoms with Crippen LogP contribution in [0.3, 0.4) is 0 Å². The molecule has 0 spiro atoms. The minimum Gasteiger partial charge on any atom is -0.396 e. The molecule has 0 aromatic rings. The number of aliphatic hydroxyl groups is 3. The summed E-state index contributed by atoms with van der Waals surface area (Å²) >= 11 is 0. The van der Waals surface area contributed by atoms with Gasteiger partial charge in [0.2, 0.25) is 0 Å². The maximum atomic E-state index is 13.8. The molecule has 0 bridgehead atoms. The summed E-state index contributed by atoms with van der Waals surface area (Å²) in [4.78, 5) is 13.8. The highest BCUT2D eigenvalue weighted by Gasteiger charge is 2.56. The first kappa shape index (κ1) is 25.6. The standard InChI is InChI=1S/C28H46O4/c1-17(2)18(3)7-8-19(4)22-9-10-23(27(22,5)13-14-29)21-16-25(31)24-15-20(30)11-12-28(24,6)26(21)32/h16,18-20,22-25,29-31H,1,7-15H2,2-6H3. The molecule has 0 heterocycles. The van der Waals surface area contributed by atoms with Crippen molar-refractivity contribution in [3.05, 3.63) is 23.8 Å². The van der Waals surface area contributed by atoms with Crippen LogP contribution in [-0.2, 0) is 4.79 Å². The molecule has 0 aromatic carbocycles. The summed E-state index contributed by atoms with van der Waals surface area (Å²) in [5.41, 5.74) is 1.28. The lowest BCUT2D eigenvalue weighted by Crippen LogP contribution is -2.52. The van der Waals surface area contributed by atoms with E-state index in [0.29, 0.717) is 43.4 Å². The molecule has 32 heavy (non-hydrogen) atoms. The molecule has 4 heteroatoms. The molecular formula is C28H46O4. The van der Waals surface area contributed by atoms with Crippen molar-refractivity contribution in [2.24, 2.45) is 40.4 Å². The number of ketones is 1. The Morgan fingerprint density at radius 1 is 1.19 bits per heavy atom. The molecule has 2 saturated carbocycles. The number of carbonyl (C=O) groups excluding carboxylic acids is 1. The molecule has 3 aliphatic rings. The van der Waals surface area contributed by atoms with Crippen LogP contribution in [0, 0.1) is 40.4 Å². The monoisotopic (exact) mass is 446 g/mol. The zero-order valence-corrected chi connectivity index (χ0v) is 20.9. The van der Waals surface area contributed by atoms with Crippen molar-refractivity contribution in [2.45, 2.75) is 98.2 Å². The van der Waals surface area contributed by atoms with E-state index in [1.54, 1.807) is 0 Å². The van der Waals surface area contributed by atoms with Gasteiger partial charge in [-0.2, -0.15) is 0 Å². The second kappa shape index (κ2) is 9.72. The Labute approximate surface area is 195 Å². The highest BCUT2D eigenvalue weighted by molar-refractivity contribution is 6.01. The van der Waals surface area contributed by atoms with Gasteiger partial charge in [-0.05, 0) is 99.0 Å². The first-order valence-electron chi connectivity index (χ1n) is 12.8. The molecule has 4 nitrogen and oxygen atoms in total. The summed E-state index contributed by atoms with van der Waals surface area (Å²) in [7, 11) is 0. The third-order valence-electron chi connectivity index (χ3n) is 9.90. The van der Waals surface area contributed by atoms with Crippen LogP contribution >= 0.6 is 0 Å². The van der Waals surface area contributed by atoms with Crippen LogP contribution in [0.25, 0.3) is 0 Å². The zero-order valence-electron chi connectivity index (χ0n) is 20.9. The van der Waals surface area contributed by atoms with Gasteiger partial charge in [-0.3, -0.25) is 4.79 Å². The van der Waals surface area contributed by atoms with Gasteiger partial charge in [0, 0.05) is 17.9 Å². The molecule has 3 N–H and O–H groups in total. The topological polar surface area (TPSA) is 77.8 Å². The lowest BCUT2D eigenvalue weighted by molar-refractivity contribution is -0.138. The number of rotatable bonds is 8. The van der Waals surface area contributed by atoms with Crippen LogP contribution in [0.1, 0.15) is 86.0 Å². The van der Waals surface area contributed by atoms with Crippen LogP contribution in [-0.4, -0.2) is 39.9 Å². The van der Waals surface area contributed by atoms with Gasteiger partial charge >= 0.3 is 0 Å². The molecule has 0 aromatic heterocycles. The lowest BCUT2D eigenvalue weighted by Gasteiger charge is -2.49. The average Bonchev–Trinajstić information content (AvgIpc) is 3.07. The third-order valence-corrected chi connectivity index (χ3v) is 9.90. The van der Waals surface area contributed by atoms with Gasteiger partial charge in [-0.25, -0.2) is 0 Å². The Hall–Kier alpha value is -0.970. The summed E-state index contributed by atoms with van der Waals surface area (Å²) in [5.74, 6) is 1.52. The van der Waals surface area contributed by atoms with Crippen LogP contribution in [0.4, 0.5) is 0 Å². The number of hydrogen-bond acceptors (Lipinski definition) is 4. The molecular weight excluding hydrogens is 400 g/mol. The lowest BCUT2D eigenvalue weighted by atomic mass is 9.55. The minimum absolute atomic E-state index is 0.0763. The maximum absolute atomic E-state index is 13.8. The fraction of sp³-hybridized carbons (Fsp3) is 0.821. The van der Waals surface area contributed by atoms with Crippen molar-refractivity contribution >= 4 is 5.78 Å². The fourth-order valence-corrected chi connectivity index (χ4v) is 7.37. The SMILES string of the molecule is C=C(C)C(C)CCC(C)C1CCC(C2=CC(O)C3CC(O)CCC3(C)C2=O)C1(C)CCO. The first-order chi connectivity index (χ1) is 15.0. The van der Waals surface area contributed by atoms with E-state index >= 15 is 0 Å². The number of carbonyl (C=O) groups is 1. The van der Waals surface area contributed by atoms with Gasteiger partial charge in [0.15, 0.2) is 5.78 Å². The number of aliphatic hydroxyl groups excluding tert-OH is 3. The highest BCUT2D eigenvalue weighted by atomic mass is 16.3. The number of allylic oxidation sites excluding steroid dienone is 2. The van der Waals surface area contributed by atoms with E-state index in [4.69, 9.17) is 0 Å². The van der Waals surface area contributed by atoms with E-state index in [0.717, 1.165) is 31.3 Å². The molecule has 9 atom stereocenters. The van der Waals surface area contributed by atoms with Crippen molar-refractivity contribution in [3.63, 3.8) is 0 Å². The molecule has 182 valence electrons. The predicted octanol–water partition coefficient (Wildman–Crippen LogP) is 5.07. The Bertz CT molecular complexity index is 742. The smallest absolute Gasteiger partial charge is 0.165 e. The molecule has 3 aliphatic carbocycles. The molecule has 3 rings (SSSR count). The fourth-order valence-electron chi connectivity index (χ4n) is 7.37. The van der Waals surface area contributed by atoms with Crippen molar-refractivity contribution in [3.8, 4) is 0 Å². The van der Waals surface area contributed by atoms with Gasteiger partial charge < -0.3 is 15.3 Å². The predicted molar refractivity (Wildman–Crippen MR) is 129 cm³/mol. The van der Waals surface area contributed by atoms with Crippen LogP contribution in [0.15, 0.2) is 23.8 Å². The van der Waals surface area contributed by atoms with Crippen molar-refractivity contribution in [1.82, 2.24) is 0 Å². The van der Waals surface area contributed by atoms with Crippen LogP contribution < -0.4 is 0 Å². The molecule has 2 fully saturated rings. The van der Waals surface area contributed by atoms with E-state index in [1.807, 2.05) is 13.0 Å². The maximum Gasteiger partial charge on any atom is 0.165 e. The van der Waals surface area contributed by atoms with Crippen LogP contribution in [0.5, 0.6) is 0 Å². The van der Waals surface area contributed by atoms with E-state index in [2.05, 4.69) is 34.3 Å². The number of hydrogen-bond donors (Lipinski definition) is 3. The van der Waals surface area contributed by atoms with Crippen LogP contribution in [0.2, 0.25) is 0 Å². The molecule has 0 saturated heterocycles. The number of Topliss-reactive ketones (excluding diaryl/α,β-unsaturated/α-hetero) is 1. The summed E-state index contributed by atoms with van der Waals surface area (Å²) < 4.78 is 0. The largest absolute Gasteiger partial charge is 0.396 e. The molecule has 9 unspecified atom stereocenters. The molecule has 0 aliphatic heterocycles. The summed E-state index contributed by atoms with van der Waals surface area (Å²) in [6.45, 7) is 15.2. The zero-order chi connectivity index (χ0) is 23.8. The quantitative estimate of drug-likeness (QED) is 0.455. The van der Waals surface area contributed by atoms with E-state index in [9.17, 15) is 20.1 Å². The van der Waals surface area contributed by atoms with Crippen molar-refractivity contribution < 1.29 is 20.1 Å². The second-order valence-electron chi connectivity index (χ2n) is 11.9. The van der Waals surface area contributed by atoms with Crippen molar-refractivity contribution in [2.75, 3.05) is 6.61 Å².